The van der Waals surface area contributed by atoms with Crippen LogP contribution in [0.25, 0.3) is 10.7 Å². The highest BCUT2D eigenvalue weighted by Crippen LogP contribution is 2.31. The summed E-state index contributed by atoms with van der Waals surface area (Å²) in [5.41, 5.74) is 1.37. The second-order valence-corrected chi connectivity index (χ2v) is 5.58. The van der Waals surface area contributed by atoms with Crippen molar-refractivity contribution in [2.45, 2.75) is 10.8 Å². The zero-order valence-corrected chi connectivity index (χ0v) is 10.1. The molecule has 13 heavy (non-hydrogen) atoms. The predicted octanol–water partition coefficient (Wildman–Crippen LogP) is 3.63. The predicted molar refractivity (Wildman–Crippen MR) is 64.3 cm³/mol. The van der Waals surface area contributed by atoms with Crippen LogP contribution < -0.4 is 0 Å². The lowest BCUT2D eigenvalue weighted by Gasteiger charge is -1.95. The number of alkyl halides is 1. The fourth-order valence-electron chi connectivity index (χ4n) is 1.08. The molecule has 2 aromatic heterocycles. The topological polar surface area (TPSA) is 28.7 Å². The van der Waals surface area contributed by atoms with Crippen LogP contribution in [0.1, 0.15) is 16.4 Å². The minimum atomic E-state index is 0.567. The van der Waals surface area contributed by atoms with Crippen LogP contribution in [0.15, 0.2) is 23.8 Å². The maximum absolute atomic E-state index is 4.21. The second-order valence-electron chi connectivity index (χ2n) is 2.80. The third kappa shape index (κ3) is 1.94. The van der Waals surface area contributed by atoms with Gasteiger partial charge < -0.3 is 4.98 Å². The minimum Gasteiger partial charge on any atom is -0.344 e. The molecule has 1 N–H and O–H groups in total. The molecule has 1 unspecified atom stereocenters. The average molecular weight is 304 g/mol. The fraction of sp³-hybridized carbons (Fsp3) is 0.222. The third-order valence-corrected chi connectivity index (χ3v) is 3.48. The van der Waals surface area contributed by atoms with E-state index in [9.17, 15) is 0 Å². The summed E-state index contributed by atoms with van der Waals surface area (Å²) in [5.74, 6) is 0.966. The van der Waals surface area contributed by atoms with Gasteiger partial charge in [0.05, 0.1) is 4.88 Å². The van der Waals surface area contributed by atoms with Gasteiger partial charge in [-0.2, -0.15) is 0 Å². The van der Waals surface area contributed by atoms with E-state index in [0.717, 1.165) is 5.82 Å². The number of aromatic nitrogens is 2. The first kappa shape index (κ1) is 9.21. The highest BCUT2D eigenvalue weighted by Gasteiger charge is 2.07. The molecular formula is C9H9IN2S. The maximum Gasteiger partial charge on any atom is 0.147 e. The van der Waals surface area contributed by atoms with Gasteiger partial charge in [0.25, 0.3) is 0 Å². The number of halogens is 1. The minimum absolute atomic E-state index is 0.567. The zero-order valence-electron chi connectivity index (χ0n) is 7.12. The summed E-state index contributed by atoms with van der Waals surface area (Å²) in [6, 6.07) is 2.20. The average Bonchev–Trinajstić information content (AvgIpc) is 2.75. The number of nitrogens with zero attached hydrogens (tertiary/aromatic N) is 1. The summed E-state index contributed by atoms with van der Waals surface area (Å²) >= 11 is 4.15. The summed E-state index contributed by atoms with van der Waals surface area (Å²) in [5, 5.41) is 2.19. The maximum atomic E-state index is 4.21. The normalized spacial score (nSPS) is 13.1. The summed E-state index contributed by atoms with van der Waals surface area (Å²) in [4.78, 5) is 8.53. The molecule has 0 aliphatic carbocycles. The number of imidazole rings is 1. The van der Waals surface area contributed by atoms with Crippen LogP contribution in [0.3, 0.4) is 0 Å². The molecule has 2 rings (SSSR count). The lowest BCUT2D eigenvalue weighted by molar-refractivity contribution is 1.16. The molecule has 2 nitrogen and oxygen atoms in total. The quantitative estimate of drug-likeness (QED) is 0.666. The van der Waals surface area contributed by atoms with Gasteiger partial charge in [0.15, 0.2) is 0 Å². The Kier molecular flexibility index (Phi) is 2.69. The summed E-state index contributed by atoms with van der Waals surface area (Å²) in [6.45, 7) is 2.19. The van der Waals surface area contributed by atoms with Gasteiger partial charge in [0, 0.05) is 16.3 Å². The van der Waals surface area contributed by atoms with E-state index in [2.05, 4.69) is 50.9 Å². The molecule has 0 aliphatic heterocycles. The van der Waals surface area contributed by atoms with Gasteiger partial charge in [0.2, 0.25) is 0 Å². The van der Waals surface area contributed by atoms with E-state index in [1.165, 1.54) is 10.4 Å². The van der Waals surface area contributed by atoms with Crippen LogP contribution in [0.2, 0.25) is 0 Å². The third-order valence-electron chi connectivity index (χ3n) is 1.81. The van der Waals surface area contributed by atoms with Crippen molar-refractivity contribution in [3.63, 3.8) is 0 Å². The molecule has 4 heteroatoms. The Bertz CT molecular complexity index is 378. The summed E-state index contributed by atoms with van der Waals surface area (Å²) in [7, 11) is 0. The van der Waals surface area contributed by atoms with Crippen molar-refractivity contribution < 1.29 is 0 Å². The molecule has 68 valence electrons. The number of hydrogen-bond donors (Lipinski definition) is 1. The van der Waals surface area contributed by atoms with Crippen molar-refractivity contribution in [2.75, 3.05) is 0 Å². The van der Waals surface area contributed by atoms with Crippen molar-refractivity contribution in [3.05, 3.63) is 29.4 Å². The Hall–Kier alpha value is -0.360. The highest BCUT2D eigenvalue weighted by atomic mass is 127. The van der Waals surface area contributed by atoms with E-state index in [1.807, 2.05) is 6.20 Å². The van der Waals surface area contributed by atoms with Crippen molar-refractivity contribution in [3.8, 4) is 10.7 Å². The SMILES string of the molecule is CC(I)c1csc(-c2ncc[nH]2)c1. The lowest BCUT2D eigenvalue weighted by atomic mass is 10.2. The van der Waals surface area contributed by atoms with Crippen LogP contribution in [-0.4, -0.2) is 9.97 Å². The fourth-order valence-corrected chi connectivity index (χ4v) is 2.65. The van der Waals surface area contributed by atoms with Gasteiger partial charge in [0.1, 0.15) is 5.82 Å². The van der Waals surface area contributed by atoms with E-state index in [0.29, 0.717) is 3.92 Å². The Balaban J connectivity index is 2.33. The Morgan fingerprint density at radius 3 is 3.00 bits per heavy atom. The molecule has 0 amide bonds. The van der Waals surface area contributed by atoms with E-state index >= 15 is 0 Å². The molecule has 2 heterocycles. The van der Waals surface area contributed by atoms with E-state index < -0.39 is 0 Å². The second kappa shape index (κ2) is 3.79. The first-order valence-corrected chi connectivity index (χ1v) is 6.12. The van der Waals surface area contributed by atoms with Crippen LogP contribution >= 0.6 is 33.9 Å². The van der Waals surface area contributed by atoms with Crippen molar-refractivity contribution in [2.24, 2.45) is 0 Å². The first-order chi connectivity index (χ1) is 6.27. The molecule has 0 saturated carbocycles. The van der Waals surface area contributed by atoms with E-state index in [-0.39, 0.29) is 0 Å². The van der Waals surface area contributed by atoms with Crippen LogP contribution in [-0.2, 0) is 0 Å². The molecule has 0 radical (unpaired) electrons. The molecule has 0 aliphatic rings. The van der Waals surface area contributed by atoms with Gasteiger partial charge in [-0.25, -0.2) is 4.98 Å². The largest absolute Gasteiger partial charge is 0.344 e. The van der Waals surface area contributed by atoms with Crippen molar-refractivity contribution >= 4 is 33.9 Å². The van der Waals surface area contributed by atoms with Crippen molar-refractivity contribution in [1.29, 1.82) is 0 Å². The van der Waals surface area contributed by atoms with Gasteiger partial charge in [-0.1, -0.05) is 22.6 Å². The molecule has 0 bridgehead atoms. The molecular weight excluding hydrogens is 295 g/mol. The van der Waals surface area contributed by atoms with Gasteiger partial charge in [-0.15, -0.1) is 11.3 Å². The van der Waals surface area contributed by atoms with Crippen LogP contribution in [0, 0.1) is 0 Å². The molecule has 2 aromatic rings. The van der Waals surface area contributed by atoms with E-state index in [1.54, 1.807) is 17.5 Å². The van der Waals surface area contributed by atoms with Gasteiger partial charge >= 0.3 is 0 Å². The van der Waals surface area contributed by atoms with Crippen LogP contribution in [0.4, 0.5) is 0 Å². The summed E-state index contributed by atoms with van der Waals surface area (Å²) in [6.07, 6.45) is 3.63. The van der Waals surface area contributed by atoms with Crippen molar-refractivity contribution in [1.82, 2.24) is 9.97 Å². The lowest BCUT2D eigenvalue weighted by Crippen LogP contribution is -1.77. The number of rotatable bonds is 2. The zero-order chi connectivity index (χ0) is 9.26. The molecule has 0 fully saturated rings. The number of nitrogens with one attached hydrogen (secondary N) is 1. The Morgan fingerprint density at radius 1 is 1.62 bits per heavy atom. The smallest absolute Gasteiger partial charge is 0.147 e. The number of H-pyrrole nitrogens is 1. The Labute approximate surface area is 94.5 Å². The number of aromatic amines is 1. The van der Waals surface area contributed by atoms with E-state index in [4.69, 9.17) is 0 Å². The monoisotopic (exact) mass is 304 g/mol. The first-order valence-electron chi connectivity index (χ1n) is 3.99. The molecule has 1 atom stereocenters. The van der Waals surface area contributed by atoms with Gasteiger partial charge in [-0.05, 0) is 23.9 Å². The molecule has 0 saturated heterocycles. The standard InChI is InChI=1S/C9H9IN2S/c1-6(10)7-4-8(13-5-7)9-11-2-3-12-9/h2-6H,1H3,(H,11,12). The van der Waals surface area contributed by atoms with Gasteiger partial charge in [-0.3, -0.25) is 0 Å². The highest BCUT2D eigenvalue weighted by molar-refractivity contribution is 14.1. The molecule has 0 spiro atoms. The summed E-state index contributed by atoms with van der Waals surface area (Å²) < 4.78 is 0.567. The number of thiophene rings is 1. The Morgan fingerprint density at radius 2 is 2.46 bits per heavy atom. The van der Waals surface area contributed by atoms with Crippen LogP contribution in [0.5, 0.6) is 0 Å². The molecule has 0 aromatic carbocycles. The number of hydrogen-bond acceptors (Lipinski definition) is 2.